The molecule has 35 heavy (non-hydrogen) atoms. The van der Waals surface area contributed by atoms with Gasteiger partial charge in [0.1, 0.15) is 0 Å². The van der Waals surface area contributed by atoms with Gasteiger partial charge in [-0.2, -0.15) is 0 Å². The second-order valence-electron chi connectivity index (χ2n) is 9.08. The molecule has 5 heterocycles. The van der Waals surface area contributed by atoms with Crippen molar-refractivity contribution in [3.63, 3.8) is 0 Å². The second kappa shape index (κ2) is 9.67. The number of fused-ring (bicyclic) bond motifs is 2. The summed E-state index contributed by atoms with van der Waals surface area (Å²) in [5.41, 5.74) is 4.92. The molecule has 2 aliphatic heterocycles. The van der Waals surface area contributed by atoms with Crippen molar-refractivity contribution in [2.75, 3.05) is 63.3 Å². The highest BCUT2D eigenvalue weighted by Gasteiger charge is 2.22. The van der Waals surface area contributed by atoms with Crippen molar-refractivity contribution < 1.29 is 13.5 Å². The second-order valence-corrected chi connectivity index (χ2v) is 9.95. The van der Waals surface area contributed by atoms with Crippen molar-refractivity contribution in [3.8, 4) is 11.3 Å². The van der Waals surface area contributed by atoms with Gasteiger partial charge in [-0.1, -0.05) is 12.1 Å². The van der Waals surface area contributed by atoms with Gasteiger partial charge in [-0.3, -0.25) is 14.0 Å². The summed E-state index contributed by atoms with van der Waals surface area (Å²) in [6, 6.07) is 8.33. The number of H-pyrrole nitrogens is 1. The molecule has 0 spiro atoms. The van der Waals surface area contributed by atoms with Gasteiger partial charge >= 0.3 is 0 Å². The van der Waals surface area contributed by atoms with E-state index in [9.17, 15) is 8.76 Å². The molecule has 0 bridgehead atoms. The number of hydrogen-bond acceptors (Lipinski definition) is 8. The molecule has 2 fully saturated rings. The first kappa shape index (κ1) is 22.6. The summed E-state index contributed by atoms with van der Waals surface area (Å²) in [5, 5.41) is 1.14. The Morgan fingerprint density at radius 1 is 1.00 bits per heavy atom. The molecule has 6 rings (SSSR count). The first-order chi connectivity index (χ1) is 17.1. The average Bonchev–Trinajstić information content (AvgIpc) is 3.51. The minimum absolute atomic E-state index is 0.105. The monoisotopic (exact) mass is 494 g/mol. The maximum atomic E-state index is 11.0. The standard InChI is InChI=1S/C24H29N7O3S/c32-35(33)17-29-8-6-28(7-9-29)14-18-15-31-16-22(19-2-1-3-21-20(19)4-5-25-21)27-24(23(31)26-18)30-10-12-34-13-11-30/h1-5,15-16,25H,6-14,17H2,(H,32,33)/p-1. The molecule has 10 nitrogen and oxygen atoms in total. The first-order valence-corrected chi connectivity index (χ1v) is 13.2. The van der Waals surface area contributed by atoms with Gasteiger partial charge in [0, 0.05) is 80.9 Å². The van der Waals surface area contributed by atoms with E-state index in [0.29, 0.717) is 13.2 Å². The lowest BCUT2D eigenvalue weighted by atomic mass is 10.1. The Morgan fingerprint density at radius 3 is 2.60 bits per heavy atom. The molecule has 4 aromatic rings. The largest absolute Gasteiger partial charge is 0.771 e. The Balaban J connectivity index is 1.33. The van der Waals surface area contributed by atoms with Crippen molar-refractivity contribution in [2.45, 2.75) is 6.54 Å². The molecule has 1 atom stereocenters. The lowest BCUT2D eigenvalue weighted by Crippen LogP contribution is -2.46. The number of anilines is 1. The number of hydrogen-bond donors (Lipinski definition) is 1. The van der Waals surface area contributed by atoms with E-state index in [1.54, 1.807) is 0 Å². The minimum Gasteiger partial charge on any atom is -0.771 e. The van der Waals surface area contributed by atoms with Crippen LogP contribution < -0.4 is 4.90 Å². The third kappa shape index (κ3) is 4.69. The van der Waals surface area contributed by atoms with Crippen LogP contribution in [-0.2, 0) is 22.4 Å². The van der Waals surface area contributed by atoms with Crippen LogP contribution in [0.5, 0.6) is 0 Å². The first-order valence-electron chi connectivity index (χ1n) is 11.9. The molecule has 0 saturated carbocycles. The van der Waals surface area contributed by atoms with Gasteiger partial charge in [-0.25, -0.2) is 9.97 Å². The van der Waals surface area contributed by atoms with E-state index >= 15 is 0 Å². The molecular formula is C24H28N7O3S-. The zero-order valence-electron chi connectivity index (χ0n) is 19.4. The van der Waals surface area contributed by atoms with Crippen molar-refractivity contribution in [2.24, 2.45) is 0 Å². The number of piperazine rings is 1. The van der Waals surface area contributed by atoms with E-state index < -0.39 is 11.1 Å². The van der Waals surface area contributed by atoms with Gasteiger partial charge in [-0.15, -0.1) is 0 Å². The minimum atomic E-state index is -2.03. The zero-order chi connectivity index (χ0) is 23.8. The van der Waals surface area contributed by atoms with Crippen molar-refractivity contribution in [3.05, 3.63) is 48.5 Å². The third-order valence-electron chi connectivity index (χ3n) is 6.79. The molecule has 1 aromatic carbocycles. The lowest BCUT2D eigenvalue weighted by Gasteiger charge is -2.34. The molecule has 11 heteroatoms. The fourth-order valence-corrected chi connectivity index (χ4v) is 5.55. The van der Waals surface area contributed by atoms with Gasteiger partial charge in [0.2, 0.25) is 0 Å². The Morgan fingerprint density at radius 2 is 1.80 bits per heavy atom. The molecule has 0 aliphatic carbocycles. The number of nitrogens with zero attached hydrogens (tertiary/aromatic N) is 6. The fraction of sp³-hybridized carbons (Fsp3) is 0.417. The van der Waals surface area contributed by atoms with Gasteiger partial charge in [0.25, 0.3) is 0 Å². The molecule has 1 N–H and O–H groups in total. The van der Waals surface area contributed by atoms with E-state index in [1.165, 1.54) is 0 Å². The van der Waals surface area contributed by atoms with Crippen molar-refractivity contribution in [1.29, 1.82) is 0 Å². The van der Waals surface area contributed by atoms with E-state index in [-0.39, 0.29) is 5.88 Å². The van der Waals surface area contributed by atoms with Crippen LogP contribution >= 0.6 is 0 Å². The molecule has 3 aromatic heterocycles. The van der Waals surface area contributed by atoms with Gasteiger partial charge in [-0.05, 0) is 23.2 Å². The Bertz CT molecular complexity index is 1360. The summed E-state index contributed by atoms with van der Waals surface area (Å²) in [4.78, 5) is 20.0. The normalized spacial score (nSPS) is 19.1. The smallest absolute Gasteiger partial charge is 0.180 e. The van der Waals surface area contributed by atoms with Gasteiger partial charge in [0.05, 0.1) is 30.5 Å². The predicted octanol–water partition coefficient (Wildman–Crippen LogP) is 1.67. The lowest BCUT2D eigenvalue weighted by molar-refractivity contribution is 0.122. The average molecular weight is 495 g/mol. The van der Waals surface area contributed by atoms with Crippen molar-refractivity contribution >= 4 is 33.4 Å². The molecule has 1 unspecified atom stereocenters. The predicted molar refractivity (Wildman–Crippen MR) is 134 cm³/mol. The summed E-state index contributed by atoms with van der Waals surface area (Å²) in [6.07, 6.45) is 6.12. The topological polar surface area (TPSA) is 105 Å². The van der Waals surface area contributed by atoms with E-state index in [1.807, 2.05) is 11.1 Å². The summed E-state index contributed by atoms with van der Waals surface area (Å²) >= 11 is -2.03. The maximum absolute atomic E-state index is 11.0. The number of ether oxygens (including phenoxy) is 1. The Kier molecular flexibility index (Phi) is 6.25. The van der Waals surface area contributed by atoms with Crippen LogP contribution in [0.4, 0.5) is 5.82 Å². The number of aromatic amines is 1. The van der Waals surface area contributed by atoms with Crippen molar-refractivity contribution in [1.82, 2.24) is 29.2 Å². The van der Waals surface area contributed by atoms with Gasteiger partial charge in [0.15, 0.2) is 11.5 Å². The van der Waals surface area contributed by atoms with Crippen LogP contribution in [0.1, 0.15) is 5.69 Å². The highest BCUT2D eigenvalue weighted by Crippen LogP contribution is 2.30. The summed E-state index contributed by atoms with van der Waals surface area (Å²) in [5.74, 6) is 0.986. The molecule has 2 saturated heterocycles. The van der Waals surface area contributed by atoms with Crippen LogP contribution in [0, 0.1) is 0 Å². The number of nitrogens with one attached hydrogen (secondary N) is 1. The maximum Gasteiger partial charge on any atom is 0.180 e. The quantitative estimate of drug-likeness (QED) is 0.404. The molecule has 2 aliphatic rings. The number of rotatable bonds is 6. The van der Waals surface area contributed by atoms with Crippen LogP contribution in [0.25, 0.3) is 27.8 Å². The highest BCUT2D eigenvalue weighted by atomic mass is 32.2. The van der Waals surface area contributed by atoms with Crippen LogP contribution in [0.15, 0.2) is 42.9 Å². The molecule has 0 amide bonds. The molecule has 184 valence electrons. The molecular weight excluding hydrogens is 466 g/mol. The summed E-state index contributed by atoms with van der Waals surface area (Å²) < 4.78 is 29.7. The van der Waals surface area contributed by atoms with Crippen LogP contribution in [0.2, 0.25) is 0 Å². The highest BCUT2D eigenvalue weighted by molar-refractivity contribution is 7.79. The number of benzene rings is 1. The van der Waals surface area contributed by atoms with E-state index in [4.69, 9.17) is 14.7 Å². The molecule has 0 radical (unpaired) electrons. The summed E-state index contributed by atoms with van der Waals surface area (Å²) in [7, 11) is 0. The number of imidazole rings is 1. The Labute approximate surface area is 205 Å². The van der Waals surface area contributed by atoms with E-state index in [2.05, 4.69) is 55.8 Å². The SMILES string of the molecule is O=S([O-])CN1CCN(Cc2cn3cc(-c4cccc5[nH]ccc45)nc(N4CCOCC4)c3n2)CC1. The van der Waals surface area contributed by atoms with Gasteiger partial charge < -0.3 is 23.6 Å². The number of aromatic nitrogens is 4. The summed E-state index contributed by atoms with van der Waals surface area (Å²) in [6.45, 7) is 6.77. The number of morpholine rings is 1. The van der Waals surface area contributed by atoms with E-state index in [0.717, 1.165) is 85.1 Å². The van der Waals surface area contributed by atoms with Crippen LogP contribution in [0.3, 0.4) is 0 Å². The third-order valence-corrected chi connectivity index (χ3v) is 7.37. The van der Waals surface area contributed by atoms with Crippen LogP contribution in [-0.4, -0.2) is 96.3 Å². The Hall–Kier alpha value is -2.83. The fourth-order valence-electron chi connectivity index (χ4n) is 4.99. The zero-order valence-corrected chi connectivity index (χ0v) is 20.2.